The summed E-state index contributed by atoms with van der Waals surface area (Å²) in [6.45, 7) is 8.69. The number of rotatable bonds is 8. The van der Waals surface area contributed by atoms with Gasteiger partial charge in [0.05, 0.1) is 30.1 Å². The van der Waals surface area contributed by atoms with Crippen LogP contribution in [-0.2, 0) is 16.1 Å². The molecule has 2 saturated heterocycles. The zero-order valence-corrected chi connectivity index (χ0v) is 19.1. The van der Waals surface area contributed by atoms with E-state index in [1.165, 1.54) is 25.7 Å². The third-order valence-electron chi connectivity index (χ3n) is 6.62. The number of hydrogen-bond acceptors (Lipinski definition) is 6. The lowest BCUT2D eigenvalue weighted by Gasteiger charge is -2.32. The SMILES string of the molecule is CC(C)[S+]([O-])N1CCC(OCCC2CC2C2CCN(c3ncc(Cl)cn3)CC2)C1. The van der Waals surface area contributed by atoms with Crippen LogP contribution in [0.15, 0.2) is 12.4 Å². The molecule has 0 N–H and O–H groups in total. The van der Waals surface area contributed by atoms with E-state index < -0.39 is 11.4 Å². The van der Waals surface area contributed by atoms with E-state index in [1.807, 2.05) is 13.8 Å². The van der Waals surface area contributed by atoms with E-state index in [4.69, 9.17) is 16.3 Å². The van der Waals surface area contributed by atoms with E-state index in [0.29, 0.717) is 5.02 Å². The molecule has 4 rings (SSSR count). The molecule has 0 bridgehead atoms. The van der Waals surface area contributed by atoms with Crippen molar-refractivity contribution in [2.24, 2.45) is 17.8 Å². The summed E-state index contributed by atoms with van der Waals surface area (Å²) < 4.78 is 20.4. The van der Waals surface area contributed by atoms with Gasteiger partial charge < -0.3 is 14.2 Å². The normalized spacial score (nSPS) is 29.6. The molecule has 0 amide bonds. The van der Waals surface area contributed by atoms with Crippen LogP contribution in [0.5, 0.6) is 0 Å². The highest BCUT2D eigenvalue weighted by Gasteiger charge is 2.43. The first-order chi connectivity index (χ1) is 14.0. The number of hydrogen-bond donors (Lipinski definition) is 0. The van der Waals surface area contributed by atoms with Gasteiger partial charge in [-0.3, -0.25) is 0 Å². The summed E-state index contributed by atoms with van der Waals surface area (Å²) in [6, 6.07) is 0. The molecule has 4 unspecified atom stereocenters. The van der Waals surface area contributed by atoms with E-state index >= 15 is 0 Å². The van der Waals surface area contributed by atoms with Gasteiger partial charge in [-0.05, 0) is 63.7 Å². The number of nitrogens with zero attached hydrogens (tertiary/aromatic N) is 4. The van der Waals surface area contributed by atoms with Crippen molar-refractivity contribution >= 4 is 28.9 Å². The summed E-state index contributed by atoms with van der Waals surface area (Å²) in [5.41, 5.74) is 0. The molecule has 1 aromatic heterocycles. The molecule has 8 heteroatoms. The lowest BCUT2D eigenvalue weighted by molar-refractivity contribution is 0.0581. The third kappa shape index (κ3) is 5.56. The number of halogens is 1. The highest BCUT2D eigenvalue weighted by Crippen LogP contribution is 2.50. The first-order valence-electron chi connectivity index (χ1n) is 11.0. The minimum absolute atomic E-state index is 0.193. The Balaban J connectivity index is 1.12. The van der Waals surface area contributed by atoms with Crippen LogP contribution in [0.25, 0.3) is 0 Å². The summed E-state index contributed by atoms with van der Waals surface area (Å²) in [5.74, 6) is 3.35. The summed E-state index contributed by atoms with van der Waals surface area (Å²) in [5, 5.41) is 0.781. The fourth-order valence-electron chi connectivity index (χ4n) is 4.86. The standard InChI is InChI=1S/C21H33ClN4O2S/c1-15(2)29(27)26-9-5-19(14-26)28-10-6-17-11-20(17)16-3-7-25(8-4-16)21-23-12-18(22)13-24-21/h12-13,15-17,19-20H,3-11,14H2,1-2H3. The monoisotopic (exact) mass is 440 g/mol. The molecule has 1 aromatic rings. The second-order valence-electron chi connectivity index (χ2n) is 8.97. The summed E-state index contributed by atoms with van der Waals surface area (Å²) in [7, 11) is 0. The van der Waals surface area contributed by atoms with Gasteiger partial charge in [0.1, 0.15) is 5.25 Å². The smallest absolute Gasteiger partial charge is 0.225 e. The first-order valence-corrected chi connectivity index (χ1v) is 12.6. The highest BCUT2D eigenvalue weighted by atomic mass is 35.5. The largest absolute Gasteiger partial charge is 0.598 e. The third-order valence-corrected chi connectivity index (χ3v) is 8.46. The van der Waals surface area contributed by atoms with Crippen LogP contribution in [-0.4, -0.2) is 63.0 Å². The molecule has 4 atom stereocenters. The zero-order valence-electron chi connectivity index (χ0n) is 17.5. The van der Waals surface area contributed by atoms with Crippen LogP contribution in [0.4, 0.5) is 5.95 Å². The van der Waals surface area contributed by atoms with Crippen LogP contribution in [0, 0.1) is 17.8 Å². The van der Waals surface area contributed by atoms with E-state index in [0.717, 1.165) is 62.9 Å². The maximum absolute atomic E-state index is 12.2. The molecular weight excluding hydrogens is 408 g/mol. The van der Waals surface area contributed by atoms with Gasteiger partial charge in [0.15, 0.2) is 0 Å². The minimum Gasteiger partial charge on any atom is -0.598 e. The van der Waals surface area contributed by atoms with Crippen molar-refractivity contribution < 1.29 is 9.29 Å². The van der Waals surface area contributed by atoms with Gasteiger partial charge in [-0.25, -0.2) is 9.97 Å². The zero-order chi connectivity index (χ0) is 20.4. The molecule has 162 valence electrons. The number of anilines is 1. The topological polar surface area (TPSA) is 64.6 Å². The van der Waals surface area contributed by atoms with Crippen molar-refractivity contribution in [2.45, 2.75) is 57.3 Å². The van der Waals surface area contributed by atoms with Gasteiger partial charge in [0.2, 0.25) is 5.95 Å². The average molecular weight is 441 g/mol. The van der Waals surface area contributed by atoms with Gasteiger partial charge >= 0.3 is 0 Å². The van der Waals surface area contributed by atoms with E-state index in [9.17, 15) is 4.55 Å². The molecule has 3 fully saturated rings. The number of aromatic nitrogens is 2. The Morgan fingerprint density at radius 2 is 1.93 bits per heavy atom. The van der Waals surface area contributed by atoms with E-state index in [2.05, 4.69) is 19.2 Å². The fraction of sp³-hybridized carbons (Fsp3) is 0.810. The van der Waals surface area contributed by atoms with Crippen LogP contribution in [0.1, 0.15) is 46.0 Å². The molecule has 3 aliphatic rings. The molecule has 1 saturated carbocycles. The summed E-state index contributed by atoms with van der Waals surface area (Å²) in [6.07, 6.45) is 9.62. The van der Waals surface area contributed by atoms with Gasteiger partial charge in [-0.2, -0.15) is 0 Å². The molecule has 0 aromatic carbocycles. The molecule has 2 aliphatic heterocycles. The van der Waals surface area contributed by atoms with Crippen LogP contribution in [0.2, 0.25) is 5.02 Å². The van der Waals surface area contributed by atoms with E-state index in [1.54, 1.807) is 12.4 Å². The van der Waals surface area contributed by atoms with Crippen molar-refractivity contribution in [3.63, 3.8) is 0 Å². The number of ether oxygens (including phenoxy) is 1. The quantitative estimate of drug-likeness (QED) is 0.576. The second-order valence-corrected chi connectivity index (χ2v) is 11.4. The Labute approximate surface area is 182 Å². The molecule has 0 radical (unpaired) electrons. The molecule has 3 heterocycles. The van der Waals surface area contributed by atoms with Gasteiger partial charge in [0, 0.05) is 37.6 Å². The molecular formula is C21H33ClN4O2S. The van der Waals surface area contributed by atoms with Crippen LogP contribution >= 0.6 is 11.6 Å². The van der Waals surface area contributed by atoms with Crippen LogP contribution < -0.4 is 4.90 Å². The Morgan fingerprint density at radius 1 is 1.21 bits per heavy atom. The average Bonchev–Trinajstić information content (AvgIpc) is 3.34. The fourth-order valence-corrected chi connectivity index (χ4v) is 6.15. The first kappa shape index (κ1) is 21.6. The van der Waals surface area contributed by atoms with Gasteiger partial charge in [-0.1, -0.05) is 11.6 Å². The van der Waals surface area contributed by atoms with Gasteiger partial charge in [-0.15, -0.1) is 4.31 Å². The molecule has 6 nitrogen and oxygen atoms in total. The summed E-state index contributed by atoms with van der Waals surface area (Å²) in [4.78, 5) is 11.0. The lowest BCUT2D eigenvalue weighted by atomic mass is 9.90. The Kier molecular flexibility index (Phi) is 7.22. The molecule has 0 spiro atoms. The van der Waals surface area contributed by atoms with Crippen molar-refractivity contribution in [3.8, 4) is 0 Å². The minimum atomic E-state index is -0.863. The van der Waals surface area contributed by atoms with Crippen molar-refractivity contribution in [1.29, 1.82) is 0 Å². The molecule has 29 heavy (non-hydrogen) atoms. The Morgan fingerprint density at radius 3 is 2.62 bits per heavy atom. The predicted molar refractivity (Wildman–Crippen MR) is 117 cm³/mol. The van der Waals surface area contributed by atoms with Crippen molar-refractivity contribution in [1.82, 2.24) is 14.3 Å². The van der Waals surface area contributed by atoms with Crippen molar-refractivity contribution in [2.75, 3.05) is 37.7 Å². The van der Waals surface area contributed by atoms with Gasteiger partial charge in [0.25, 0.3) is 0 Å². The van der Waals surface area contributed by atoms with Crippen LogP contribution in [0.3, 0.4) is 0 Å². The predicted octanol–water partition coefficient (Wildman–Crippen LogP) is 3.54. The van der Waals surface area contributed by atoms with Crippen molar-refractivity contribution in [3.05, 3.63) is 17.4 Å². The number of piperidine rings is 1. The maximum Gasteiger partial charge on any atom is 0.225 e. The Hall–Kier alpha value is -0.600. The molecule has 1 aliphatic carbocycles. The summed E-state index contributed by atoms with van der Waals surface area (Å²) >= 11 is 5.02. The lowest BCUT2D eigenvalue weighted by Crippen LogP contribution is -2.35. The maximum atomic E-state index is 12.2. The Bertz CT molecular complexity index is 657. The highest BCUT2D eigenvalue weighted by molar-refractivity contribution is 7.89. The second kappa shape index (κ2) is 9.69. The van der Waals surface area contributed by atoms with E-state index in [-0.39, 0.29) is 11.4 Å².